The predicted octanol–water partition coefficient (Wildman–Crippen LogP) is 5.38. The zero-order valence-electron chi connectivity index (χ0n) is 35.3. The van der Waals surface area contributed by atoms with E-state index in [9.17, 15) is 41.1 Å². The minimum Gasteiger partial charge on any atom is -0.489 e. The maximum Gasteiger partial charge on any atom is 0.411 e. The molecule has 61 heavy (non-hydrogen) atoms. The SMILES string of the molecule is CC[C@@H]1C[C@H](C)CC/C=C\[C@@H]2C[C@@]2(C(=O)NS(=O)(=O)C2(C)CC2)NC(=O)[C@@H]2C[C@@H](Oc3nccc4c5c(ccc34)N(C)CCO5)CN2C(=O)[C@H]1N(C(=O)O)C(C)(C)C(F)(F)F. The summed E-state index contributed by atoms with van der Waals surface area (Å²) in [5.74, 6) is -3.76. The molecule has 0 spiro atoms. The van der Waals surface area contributed by atoms with Crippen molar-refractivity contribution < 1.29 is 55.3 Å². The highest BCUT2D eigenvalue weighted by Crippen LogP contribution is 2.48. The molecular formula is C42H55F3N6O9S. The van der Waals surface area contributed by atoms with Crippen molar-refractivity contribution in [1.29, 1.82) is 0 Å². The minimum atomic E-state index is -5.10. The summed E-state index contributed by atoms with van der Waals surface area (Å²) < 4.78 is 84.6. The quantitative estimate of drug-likeness (QED) is 0.289. The highest BCUT2D eigenvalue weighted by molar-refractivity contribution is 7.91. The molecule has 4 heterocycles. The molecule has 7 atom stereocenters. The molecule has 3 fully saturated rings. The summed E-state index contributed by atoms with van der Waals surface area (Å²) in [4.78, 5) is 64.8. The van der Waals surface area contributed by atoms with Crippen LogP contribution < -0.4 is 24.4 Å². The van der Waals surface area contributed by atoms with E-state index in [0.717, 1.165) is 10.6 Å². The summed E-state index contributed by atoms with van der Waals surface area (Å²) in [5, 5.41) is 14.6. The van der Waals surface area contributed by atoms with E-state index in [1.165, 1.54) is 13.1 Å². The monoisotopic (exact) mass is 876 g/mol. The molecule has 2 saturated carbocycles. The molecule has 334 valence electrons. The number of alkyl halides is 3. The number of nitrogens with zero attached hydrogens (tertiary/aromatic N) is 4. The van der Waals surface area contributed by atoms with Gasteiger partial charge in [0.2, 0.25) is 27.7 Å². The van der Waals surface area contributed by atoms with Crippen molar-refractivity contribution in [3.63, 3.8) is 0 Å². The van der Waals surface area contributed by atoms with E-state index < -0.39 is 85.9 Å². The van der Waals surface area contributed by atoms with E-state index in [-0.39, 0.29) is 48.9 Å². The number of hydrogen-bond acceptors (Lipinski definition) is 10. The van der Waals surface area contributed by atoms with Crippen LogP contribution in [0.3, 0.4) is 0 Å². The van der Waals surface area contributed by atoms with Gasteiger partial charge in [0, 0.05) is 36.4 Å². The second-order valence-corrected chi connectivity index (χ2v) is 20.4. The summed E-state index contributed by atoms with van der Waals surface area (Å²) in [6.45, 7) is 7.27. The summed E-state index contributed by atoms with van der Waals surface area (Å²) in [6.07, 6.45) is -1.09. The Kier molecular flexibility index (Phi) is 11.5. The van der Waals surface area contributed by atoms with Crippen molar-refractivity contribution in [2.45, 2.75) is 126 Å². The van der Waals surface area contributed by atoms with Crippen LogP contribution in [0.5, 0.6) is 11.6 Å². The number of pyridine rings is 1. The van der Waals surface area contributed by atoms with Crippen molar-refractivity contribution in [2.24, 2.45) is 17.8 Å². The molecule has 3 aliphatic heterocycles. The summed E-state index contributed by atoms with van der Waals surface area (Å²) in [5.41, 5.74) is -3.90. The van der Waals surface area contributed by atoms with Gasteiger partial charge in [-0.05, 0) is 89.3 Å². The first-order valence-electron chi connectivity index (χ1n) is 20.9. The zero-order chi connectivity index (χ0) is 44.4. The van der Waals surface area contributed by atoms with E-state index in [1.54, 1.807) is 25.1 Å². The Morgan fingerprint density at radius 2 is 1.87 bits per heavy atom. The number of carbonyl (C=O) groups excluding carboxylic acids is 3. The fourth-order valence-electron chi connectivity index (χ4n) is 9.07. The lowest BCUT2D eigenvalue weighted by Crippen LogP contribution is -2.66. The van der Waals surface area contributed by atoms with Gasteiger partial charge in [-0.2, -0.15) is 13.2 Å². The van der Waals surface area contributed by atoms with E-state index in [2.05, 4.69) is 15.0 Å². The highest BCUT2D eigenvalue weighted by Gasteiger charge is 2.64. The molecule has 0 radical (unpaired) electrons. The molecule has 7 rings (SSSR count). The number of benzene rings is 1. The van der Waals surface area contributed by atoms with Gasteiger partial charge in [-0.25, -0.2) is 18.2 Å². The smallest absolute Gasteiger partial charge is 0.411 e. The lowest BCUT2D eigenvalue weighted by Gasteiger charge is -2.46. The number of fused-ring (bicyclic) bond motifs is 5. The number of halogens is 3. The Hall–Kier alpha value is -4.81. The molecule has 1 aromatic heterocycles. The molecule has 1 aromatic carbocycles. The lowest BCUT2D eigenvalue weighted by molar-refractivity contribution is -0.222. The van der Waals surface area contributed by atoms with Crippen LogP contribution in [0.2, 0.25) is 0 Å². The topological polar surface area (TPSA) is 188 Å². The van der Waals surface area contributed by atoms with E-state index in [1.807, 2.05) is 31.0 Å². The Morgan fingerprint density at radius 3 is 2.52 bits per heavy atom. The van der Waals surface area contributed by atoms with Gasteiger partial charge in [-0.15, -0.1) is 0 Å². The first kappa shape index (κ1) is 44.3. The molecule has 4 amide bonds. The van der Waals surface area contributed by atoms with Gasteiger partial charge in [0.15, 0.2) is 5.75 Å². The fourth-order valence-corrected chi connectivity index (χ4v) is 10.4. The predicted molar refractivity (Wildman–Crippen MR) is 218 cm³/mol. The first-order chi connectivity index (χ1) is 28.5. The number of likely N-dealkylation sites (N-methyl/N-ethyl adjacent to an activating group) is 1. The minimum absolute atomic E-state index is 0.0536. The number of rotatable bonds is 8. The Balaban J connectivity index is 1.30. The van der Waals surface area contributed by atoms with Crippen molar-refractivity contribution in [3.8, 4) is 11.6 Å². The average molecular weight is 877 g/mol. The van der Waals surface area contributed by atoms with Crippen molar-refractivity contribution in [2.75, 3.05) is 31.6 Å². The number of nitrogens with one attached hydrogen (secondary N) is 2. The highest BCUT2D eigenvalue weighted by atomic mass is 32.2. The van der Waals surface area contributed by atoms with Crippen molar-refractivity contribution in [3.05, 3.63) is 36.5 Å². The van der Waals surface area contributed by atoms with Crippen LogP contribution in [-0.4, -0.2) is 119 Å². The lowest BCUT2D eigenvalue weighted by atomic mass is 9.82. The van der Waals surface area contributed by atoms with Crippen LogP contribution in [0.1, 0.15) is 86.0 Å². The molecular weight excluding hydrogens is 822 g/mol. The number of carboxylic acid groups (broad SMARTS) is 1. The number of ether oxygens (including phenoxy) is 2. The van der Waals surface area contributed by atoms with Crippen LogP contribution >= 0.6 is 0 Å². The second-order valence-electron chi connectivity index (χ2n) is 18.2. The Morgan fingerprint density at radius 1 is 1.15 bits per heavy atom. The molecule has 1 saturated heterocycles. The molecule has 0 unspecified atom stereocenters. The normalized spacial score (nSPS) is 29.7. The van der Waals surface area contributed by atoms with Gasteiger partial charge in [0.25, 0.3) is 5.91 Å². The molecule has 3 N–H and O–H groups in total. The van der Waals surface area contributed by atoms with Crippen molar-refractivity contribution >= 4 is 50.3 Å². The Labute approximate surface area is 353 Å². The largest absolute Gasteiger partial charge is 0.489 e. The summed E-state index contributed by atoms with van der Waals surface area (Å²) >= 11 is 0. The third-order valence-corrected chi connectivity index (χ3v) is 15.7. The van der Waals surface area contributed by atoms with Gasteiger partial charge in [-0.3, -0.25) is 24.0 Å². The molecule has 5 aliphatic rings. The van der Waals surface area contributed by atoms with Gasteiger partial charge >= 0.3 is 12.3 Å². The zero-order valence-corrected chi connectivity index (χ0v) is 36.1. The van der Waals surface area contributed by atoms with E-state index in [4.69, 9.17) is 9.47 Å². The van der Waals surface area contributed by atoms with Crippen LogP contribution in [0.4, 0.5) is 23.7 Å². The number of hydrogen-bond donors (Lipinski definition) is 3. The number of anilines is 1. The molecule has 0 bridgehead atoms. The standard InChI is InChI=1S/C42H55F3N6O9S/c1-7-25-20-24(2)10-8-9-11-26-22-41(26,37(54)48-61(57,58)40(5)15-16-40)47-34(52)31-21-27(23-50(31)36(53)32(25)51(38(55)56)39(3,4)42(43,44)45)60-35-29-12-13-30-33(28(29)14-17-46-35)59-19-18-49(30)6/h9,11-14,17,24-27,31-32H,7-8,10,15-16,18-23H2,1-6H3,(H,47,52)(H,48,54)(H,55,56)/b11-9-/t24-,25-,26-,27-,31+,32+,41-/m1/s1. The van der Waals surface area contributed by atoms with Crippen LogP contribution in [0, 0.1) is 17.8 Å². The number of amides is 4. The third-order valence-electron chi connectivity index (χ3n) is 13.5. The first-order valence-corrected chi connectivity index (χ1v) is 22.4. The summed E-state index contributed by atoms with van der Waals surface area (Å²) in [7, 11) is -2.19. The summed E-state index contributed by atoms with van der Waals surface area (Å²) in [6, 6.07) is 2.07. The van der Waals surface area contributed by atoms with Crippen LogP contribution in [0.15, 0.2) is 36.5 Å². The molecule has 19 heteroatoms. The third kappa shape index (κ3) is 8.06. The van der Waals surface area contributed by atoms with E-state index >= 15 is 4.79 Å². The maximum atomic E-state index is 15.2. The van der Waals surface area contributed by atoms with Crippen LogP contribution in [-0.2, 0) is 24.4 Å². The molecule has 15 nitrogen and oxygen atoms in total. The number of carbonyl (C=O) groups is 4. The van der Waals surface area contributed by atoms with Gasteiger partial charge in [0.05, 0.1) is 23.5 Å². The molecule has 2 aliphatic carbocycles. The van der Waals surface area contributed by atoms with Crippen LogP contribution in [0.25, 0.3) is 10.8 Å². The maximum absolute atomic E-state index is 15.2. The second kappa shape index (κ2) is 15.8. The molecule has 2 aromatic rings. The number of aromatic nitrogens is 1. The number of allylic oxidation sites excluding steroid dienone is 1. The van der Waals surface area contributed by atoms with Gasteiger partial charge in [0.1, 0.15) is 35.9 Å². The van der Waals surface area contributed by atoms with Crippen molar-refractivity contribution in [1.82, 2.24) is 24.8 Å². The van der Waals surface area contributed by atoms with Gasteiger partial charge < -0.3 is 29.7 Å². The van der Waals surface area contributed by atoms with E-state index in [0.29, 0.717) is 69.2 Å². The fraction of sp³-hybridized carbons (Fsp3) is 0.643. The van der Waals surface area contributed by atoms with Gasteiger partial charge in [-0.1, -0.05) is 32.4 Å². The average Bonchev–Trinajstić information content (AvgIpc) is 4.07. The number of sulfonamides is 1. The Bertz CT molecular complexity index is 2230.